The number of benzene rings is 2. The molecule has 3 rings (SSSR count). The Morgan fingerprint density at radius 2 is 2.00 bits per heavy atom. The van der Waals surface area contributed by atoms with E-state index in [0.29, 0.717) is 11.8 Å². The Balaban J connectivity index is 0.00000136. The van der Waals surface area contributed by atoms with Crippen LogP contribution in [0.25, 0.3) is 0 Å². The number of rotatable bonds is 7. The second-order valence-electron chi connectivity index (χ2n) is 6.57. The minimum absolute atomic E-state index is 0.0589. The zero-order valence-electron chi connectivity index (χ0n) is 17.0. The van der Waals surface area contributed by atoms with Crippen molar-refractivity contribution in [2.75, 3.05) is 20.3 Å². The van der Waals surface area contributed by atoms with Gasteiger partial charge in [0.1, 0.15) is 5.75 Å². The van der Waals surface area contributed by atoms with Gasteiger partial charge in [0.15, 0.2) is 6.61 Å². The smallest absolute Gasteiger partial charge is 0.343 e. The predicted molar refractivity (Wildman–Crippen MR) is 114 cm³/mol. The third-order valence-corrected chi connectivity index (χ3v) is 4.96. The third-order valence-electron chi connectivity index (χ3n) is 4.73. The summed E-state index contributed by atoms with van der Waals surface area (Å²) in [6, 6.07) is 14.5. The van der Waals surface area contributed by atoms with Gasteiger partial charge in [-0.2, -0.15) is 0 Å². The van der Waals surface area contributed by atoms with Gasteiger partial charge in [-0.05, 0) is 73.2 Å². The molecular formula is C23H30ClNO3. The van der Waals surface area contributed by atoms with Crippen LogP contribution in [0.4, 0.5) is 0 Å². The Bertz CT molecular complexity index is 763. The number of aryl methyl sites for hydroxylation is 1. The van der Waals surface area contributed by atoms with E-state index in [1.807, 2.05) is 44.2 Å². The SMILES string of the molecule is CC.COC(=O)COc1ccc2c(c1)CC(NCCc1cccc(Cl)c1)CC2. The lowest BCUT2D eigenvalue weighted by molar-refractivity contribution is -0.142. The molecule has 0 saturated carbocycles. The molecule has 0 amide bonds. The fraction of sp³-hybridized carbons (Fsp3) is 0.435. The second kappa shape index (κ2) is 11.7. The van der Waals surface area contributed by atoms with Gasteiger partial charge in [-0.25, -0.2) is 4.79 Å². The number of nitrogens with one attached hydrogen (secondary N) is 1. The molecular weight excluding hydrogens is 374 g/mol. The van der Waals surface area contributed by atoms with Crippen molar-refractivity contribution < 1.29 is 14.3 Å². The molecule has 0 fully saturated rings. The first kappa shape index (κ1) is 22.3. The Morgan fingerprint density at radius 3 is 2.75 bits per heavy atom. The van der Waals surface area contributed by atoms with Gasteiger partial charge in [-0.15, -0.1) is 0 Å². The lowest BCUT2D eigenvalue weighted by Gasteiger charge is -2.26. The van der Waals surface area contributed by atoms with Crippen LogP contribution in [-0.2, 0) is 28.8 Å². The molecule has 1 aliphatic carbocycles. The number of hydrogen-bond acceptors (Lipinski definition) is 4. The van der Waals surface area contributed by atoms with Crippen LogP contribution < -0.4 is 10.1 Å². The zero-order valence-corrected chi connectivity index (χ0v) is 17.7. The highest BCUT2D eigenvalue weighted by Crippen LogP contribution is 2.26. The highest BCUT2D eigenvalue weighted by atomic mass is 35.5. The van der Waals surface area contributed by atoms with E-state index in [0.717, 1.165) is 37.3 Å². The Labute approximate surface area is 173 Å². The fourth-order valence-electron chi connectivity index (χ4n) is 3.31. The summed E-state index contributed by atoms with van der Waals surface area (Å²) in [7, 11) is 1.36. The van der Waals surface area contributed by atoms with Gasteiger partial charge < -0.3 is 14.8 Å². The maximum Gasteiger partial charge on any atom is 0.343 e. The summed E-state index contributed by atoms with van der Waals surface area (Å²) in [6.45, 7) is 4.87. The van der Waals surface area contributed by atoms with E-state index in [9.17, 15) is 4.79 Å². The van der Waals surface area contributed by atoms with Crippen LogP contribution in [0.15, 0.2) is 42.5 Å². The number of ether oxygens (including phenoxy) is 2. The number of esters is 1. The number of hydrogen-bond donors (Lipinski definition) is 1. The quantitative estimate of drug-likeness (QED) is 0.686. The maximum absolute atomic E-state index is 11.2. The van der Waals surface area contributed by atoms with Crippen LogP contribution in [0.1, 0.15) is 37.0 Å². The van der Waals surface area contributed by atoms with Crippen LogP contribution in [0.2, 0.25) is 5.02 Å². The molecule has 1 atom stereocenters. The van der Waals surface area contributed by atoms with E-state index in [2.05, 4.69) is 22.2 Å². The number of carbonyl (C=O) groups is 1. The molecule has 1 unspecified atom stereocenters. The highest BCUT2D eigenvalue weighted by molar-refractivity contribution is 6.30. The average Bonchev–Trinajstić information content (AvgIpc) is 2.73. The number of halogens is 1. The summed E-state index contributed by atoms with van der Waals surface area (Å²) in [5.41, 5.74) is 3.90. The van der Waals surface area contributed by atoms with E-state index in [1.165, 1.54) is 23.8 Å². The lowest BCUT2D eigenvalue weighted by Crippen LogP contribution is -2.35. The molecule has 152 valence electrons. The van der Waals surface area contributed by atoms with E-state index >= 15 is 0 Å². The second-order valence-corrected chi connectivity index (χ2v) is 7.01. The summed E-state index contributed by atoms with van der Waals surface area (Å²) < 4.78 is 10.1. The first-order chi connectivity index (χ1) is 13.6. The molecule has 4 nitrogen and oxygen atoms in total. The number of fused-ring (bicyclic) bond motifs is 1. The summed E-state index contributed by atoms with van der Waals surface area (Å²) in [6.07, 6.45) is 4.12. The van der Waals surface area contributed by atoms with Gasteiger partial charge in [-0.3, -0.25) is 0 Å². The Hall–Kier alpha value is -2.04. The van der Waals surface area contributed by atoms with Gasteiger partial charge in [0.25, 0.3) is 0 Å². The van der Waals surface area contributed by atoms with E-state index in [1.54, 1.807) is 0 Å². The normalized spacial score (nSPS) is 15.1. The van der Waals surface area contributed by atoms with Crippen molar-refractivity contribution >= 4 is 17.6 Å². The van der Waals surface area contributed by atoms with Crippen molar-refractivity contribution in [1.29, 1.82) is 0 Å². The molecule has 0 aromatic heterocycles. The predicted octanol–water partition coefficient (Wildman–Crippen LogP) is 4.61. The molecule has 0 saturated heterocycles. The van der Waals surface area contributed by atoms with Gasteiger partial charge in [-0.1, -0.05) is 43.6 Å². The molecule has 0 heterocycles. The maximum atomic E-state index is 11.2. The molecule has 1 N–H and O–H groups in total. The molecule has 0 radical (unpaired) electrons. The van der Waals surface area contributed by atoms with Crippen LogP contribution in [-0.4, -0.2) is 32.3 Å². The minimum Gasteiger partial charge on any atom is -0.482 e. The van der Waals surface area contributed by atoms with E-state index in [4.69, 9.17) is 16.3 Å². The van der Waals surface area contributed by atoms with Gasteiger partial charge in [0.05, 0.1) is 7.11 Å². The highest BCUT2D eigenvalue weighted by Gasteiger charge is 2.18. The van der Waals surface area contributed by atoms with Crippen molar-refractivity contribution in [2.45, 2.75) is 45.6 Å². The fourth-order valence-corrected chi connectivity index (χ4v) is 3.52. The molecule has 2 aromatic rings. The molecule has 0 spiro atoms. The van der Waals surface area contributed by atoms with Crippen molar-refractivity contribution in [3.63, 3.8) is 0 Å². The van der Waals surface area contributed by atoms with Crippen molar-refractivity contribution in [1.82, 2.24) is 5.32 Å². The number of carbonyl (C=O) groups excluding carboxylic acids is 1. The summed E-state index contributed by atoms with van der Waals surface area (Å²) in [5.74, 6) is 0.344. The standard InChI is InChI=1S/C21H24ClNO3.C2H6/c1-25-21(24)14-26-20-8-6-16-5-7-19(12-17(16)13-20)23-10-9-15-3-2-4-18(22)11-15;1-2/h2-4,6,8,11,13,19,23H,5,7,9-10,12,14H2,1H3;1-2H3. The number of methoxy groups -OCH3 is 1. The van der Waals surface area contributed by atoms with Crippen molar-refractivity contribution in [3.05, 3.63) is 64.2 Å². The van der Waals surface area contributed by atoms with Crippen LogP contribution >= 0.6 is 11.6 Å². The average molecular weight is 404 g/mol. The minimum atomic E-state index is -0.372. The topological polar surface area (TPSA) is 47.6 Å². The van der Waals surface area contributed by atoms with Crippen molar-refractivity contribution in [2.24, 2.45) is 0 Å². The van der Waals surface area contributed by atoms with Gasteiger partial charge >= 0.3 is 5.97 Å². The first-order valence-corrected chi connectivity index (χ1v) is 10.3. The molecule has 0 bridgehead atoms. The van der Waals surface area contributed by atoms with Gasteiger partial charge in [0.2, 0.25) is 0 Å². The zero-order chi connectivity index (χ0) is 20.4. The summed E-state index contributed by atoms with van der Waals surface area (Å²) >= 11 is 6.04. The van der Waals surface area contributed by atoms with Crippen LogP contribution in [0, 0.1) is 0 Å². The largest absolute Gasteiger partial charge is 0.482 e. The van der Waals surface area contributed by atoms with Crippen molar-refractivity contribution in [3.8, 4) is 5.75 Å². The molecule has 1 aliphatic rings. The van der Waals surface area contributed by atoms with Crippen LogP contribution in [0.5, 0.6) is 5.75 Å². The van der Waals surface area contributed by atoms with Crippen LogP contribution in [0.3, 0.4) is 0 Å². The Kier molecular flexibility index (Phi) is 9.32. The molecule has 0 aliphatic heterocycles. The first-order valence-electron chi connectivity index (χ1n) is 9.93. The third kappa shape index (κ3) is 6.84. The van der Waals surface area contributed by atoms with Gasteiger partial charge in [0, 0.05) is 11.1 Å². The molecule has 5 heteroatoms. The van der Waals surface area contributed by atoms with E-state index in [-0.39, 0.29) is 12.6 Å². The molecule has 28 heavy (non-hydrogen) atoms. The summed E-state index contributed by atoms with van der Waals surface area (Å²) in [5, 5.41) is 4.44. The Morgan fingerprint density at radius 1 is 1.18 bits per heavy atom. The van der Waals surface area contributed by atoms with E-state index < -0.39 is 0 Å². The monoisotopic (exact) mass is 403 g/mol. The lowest BCUT2D eigenvalue weighted by atomic mass is 9.88. The molecule has 2 aromatic carbocycles. The summed E-state index contributed by atoms with van der Waals surface area (Å²) in [4.78, 5) is 11.2.